The summed E-state index contributed by atoms with van der Waals surface area (Å²) in [4.78, 5) is 8.26. The molecule has 0 radical (unpaired) electrons. The molecule has 98 valence electrons. The molecule has 2 aliphatic rings. The Morgan fingerprint density at radius 3 is 2.68 bits per heavy atom. The Hall–Kier alpha value is -1.62. The van der Waals surface area contributed by atoms with Crippen molar-refractivity contribution in [3.8, 4) is 11.3 Å². The molecule has 0 saturated heterocycles. The zero-order valence-electron chi connectivity index (χ0n) is 11.1. The van der Waals surface area contributed by atoms with Crippen molar-refractivity contribution in [2.45, 2.75) is 25.3 Å². The van der Waals surface area contributed by atoms with Gasteiger partial charge in [-0.15, -0.1) is 0 Å². The lowest BCUT2D eigenvalue weighted by Crippen LogP contribution is -2.36. The lowest BCUT2D eigenvalue weighted by atomic mass is 9.96. The van der Waals surface area contributed by atoms with Crippen molar-refractivity contribution in [2.75, 3.05) is 11.9 Å². The summed E-state index contributed by atoms with van der Waals surface area (Å²) in [5.74, 6) is 0. The molecule has 1 aliphatic heterocycles. The van der Waals surface area contributed by atoms with Crippen LogP contribution in [0.1, 0.15) is 24.2 Å². The summed E-state index contributed by atoms with van der Waals surface area (Å²) in [6, 6.07) is 2.04. The molecule has 6 heteroatoms. The summed E-state index contributed by atoms with van der Waals surface area (Å²) in [5.41, 5.74) is 4.95. The molecule has 1 saturated carbocycles. The number of hydrogen-bond acceptors (Lipinski definition) is 4. The standard InChI is InChI=1S/C13H14ClN5/c1-7-6-8-9-11(17-19(3)16-9)13(4-5-13)18(2)10(8)12(14)15-7/h6H,4-5H2,1-3H3. The monoisotopic (exact) mass is 275 g/mol. The molecule has 19 heavy (non-hydrogen) atoms. The second kappa shape index (κ2) is 3.28. The fraction of sp³-hybridized carbons (Fsp3) is 0.462. The highest BCUT2D eigenvalue weighted by Crippen LogP contribution is 2.59. The van der Waals surface area contributed by atoms with Crippen molar-refractivity contribution in [1.82, 2.24) is 20.0 Å². The first-order valence-corrected chi connectivity index (χ1v) is 6.74. The van der Waals surface area contributed by atoms with Gasteiger partial charge in [0.2, 0.25) is 0 Å². The highest BCUT2D eigenvalue weighted by molar-refractivity contribution is 6.33. The van der Waals surface area contributed by atoms with Crippen LogP contribution in [-0.2, 0) is 12.6 Å². The molecular formula is C13H14ClN5. The van der Waals surface area contributed by atoms with Crippen molar-refractivity contribution in [1.29, 1.82) is 0 Å². The van der Waals surface area contributed by atoms with Gasteiger partial charge in [0.1, 0.15) is 11.4 Å². The van der Waals surface area contributed by atoms with Crippen LogP contribution in [0, 0.1) is 6.92 Å². The number of aryl methyl sites for hydroxylation is 2. The van der Waals surface area contributed by atoms with Crippen LogP contribution in [0.25, 0.3) is 11.3 Å². The van der Waals surface area contributed by atoms with E-state index in [1.165, 1.54) is 0 Å². The van der Waals surface area contributed by atoms with E-state index in [2.05, 4.69) is 27.1 Å². The first-order chi connectivity index (χ1) is 9.03. The Balaban J connectivity index is 2.10. The number of rotatable bonds is 0. The summed E-state index contributed by atoms with van der Waals surface area (Å²) in [6.07, 6.45) is 2.19. The van der Waals surface area contributed by atoms with Gasteiger partial charge < -0.3 is 4.90 Å². The number of nitrogens with zero attached hydrogens (tertiary/aromatic N) is 5. The Labute approximate surface area is 116 Å². The van der Waals surface area contributed by atoms with Crippen molar-refractivity contribution in [3.63, 3.8) is 0 Å². The maximum atomic E-state index is 6.36. The molecule has 0 bridgehead atoms. The van der Waals surface area contributed by atoms with Crippen LogP contribution in [0.4, 0.5) is 5.69 Å². The third-order valence-corrected chi connectivity index (χ3v) is 4.45. The predicted molar refractivity (Wildman–Crippen MR) is 73.3 cm³/mol. The first kappa shape index (κ1) is 11.2. The van der Waals surface area contributed by atoms with E-state index in [0.717, 1.165) is 41.2 Å². The molecule has 0 amide bonds. The van der Waals surface area contributed by atoms with Crippen LogP contribution in [0.3, 0.4) is 0 Å². The summed E-state index contributed by atoms with van der Waals surface area (Å²) in [5, 5.41) is 9.67. The largest absolute Gasteiger partial charge is 0.360 e. The van der Waals surface area contributed by atoms with E-state index in [0.29, 0.717) is 5.15 Å². The smallest absolute Gasteiger partial charge is 0.153 e. The van der Waals surface area contributed by atoms with Crippen molar-refractivity contribution in [2.24, 2.45) is 7.05 Å². The quantitative estimate of drug-likeness (QED) is 0.692. The second-order valence-corrected chi connectivity index (χ2v) is 5.79. The van der Waals surface area contributed by atoms with E-state index in [-0.39, 0.29) is 5.54 Å². The van der Waals surface area contributed by atoms with Crippen LogP contribution in [-0.4, -0.2) is 27.0 Å². The minimum absolute atomic E-state index is 0.0167. The van der Waals surface area contributed by atoms with Gasteiger partial charge in [-0.25, -0.2) is 4.98 Å². The van der Waals surface area contributed by atoms with E-state index in [9.17, 15) is 0 Å². The predicted octanol–water partition coefficient (Wildman–Crippen LogP) is 2.28. The molecular weight excluding hydrogens is 262 g/mol. The molecule has 1 fully saturated rings. The Morgan fingerprint density at radius 2 is 2.00 bits per heavy atom. The minimum Gasteiger partial charge on any atom is -0.360 e. The van der Waals surface area contributed by atoms with Gasteiger partial charge in [-0.2, -0.15) is 15.0 Å². The number of anilines is 1. The Bertz CT molecular complexity index is 701. The molecule has 0 unspecified atom stereocenters. The third kappa shape index (κ3) is 1.28. The Morgan fingerprint density at radius 1 is 1.26 bits per heavy atom. The van der Waals surface area contributed by atoms with Gasteiger partial charge in [0, 0.05) is 25.4 Å². The lowest BCUT2D eigenvalue weighted by Gasteiger charge is -2.35. The van der Waals surface area contributed by atoms with Crippen LogP contribution in [0.5, 0.6) is 0 Å². The van der Waals surface area contributed by atoms with Gasteiger partial charge in [0.15, 0.2) is 5.15 Å². The molecule has 2 aromatic rings. The molecule has 4 rings (SSSR count). The minimum atomic E-state index is -0.0167. The highest BCUT2D eigenvalue weighted by atomic mass is 35.5. The molecule has 1 aliphatic carbocycles. The van der Waals surface area contributed by atoms with Crippen molar-refractivity contribution >= 4 is 17.3 Å². The molecule has 1 spiro atoms. The van der Waals surface area contributed by atoms with Crippen LogP contribution in [0.15, 0.2) is 6.07 Å². The van der Waals surface area contributed by atoms with Crippen LogP contribution >= 0.6 is 11.6 Å². The molecule has 0 N–H and O–H groups in total. The van der Waals surface area contributed by atoms with Gasteiger partial charge in [0.05, 0.1) is 11.2 Å². The third-order valence-electron chi connectivity index (χ3n) is 4.19. The molecule has 3 heterocycles. The number of hydrogen-bond donors (Lipinski definition) is 0. The van der Waals surface area contributed by atoms with Crippen LogP contribution < -0.4 is 4.90 Å². The first-order valence-electron chi connectivity index (χ1n) is 6.36. The fourth-order valence-corrected chi connectivity index (χ4v) is 3.45. The van der Waals surface area contributed by atoms with Crippen LogP contribution in [0.2, 0.25) is 5.15 Å². The Kier molecular flexibility index (Phi) is 1.94. The number of fused-ring (bicyclic) bond motifs is 4. The van der Waals surface area contributed by atoms with Gasteiger partial charge in [-0.1, -0.05) is 11.6 Å². The van der Waals surface area contributed by atoms with E-state index in [1.807, 2.05) is 20.0 Å². The molecule has 0 aromatic carbocycles. The molecule has 5 nitrogen and oxygen atoms in total. The average Bonchev–Trinajstić information content (AvgIpc) is 3.03. The van der Waals surface area contributed by atoms with Gasteiger partial charge >= 0.3 is 0 Å². The normalized spacial score (nSPS) is 18.4. The number of aromatic nitrogens is 4. The number of halogens is 1. The van der Waals surface area contributed by atoms with E-state index in [4.69, 9.17) is 11.6 Å². The summed E-state index contributed by atoms with van der Waals surface area (Å²) >= 11 is 6.36. The van der Waals surface area contributed by atoms with Crippen molar-refractivity contribution < 1.29 is 0 Å². The van der Waals surface area contributed by atoms with E-state index in [1.54, 1.807) is 4.80 Å². The summed E-state index contributed by atoms with van der Waals surface area (Å²) in [6.45, 7) is 1.95. The summed E-state index contributed by atoms with van der Waals surface area (Å²) < 4.78 is 0. The van der Waals surface area contributed by atoms with Gasteiger partial charge in [-0.05, 0) is 25.8 Å². The van der Waals surface area contributed by atoms with E-state index >= 15 is 0 Å². The zero-order valence-corrected chi connectivity index (χ0v) is 11.9. The highest BCUT2D eigenvalue weighted by Gasteiger charge is 2.55. The lowest BCUT2D eigenvalue weighted by molar-refractivity contribution is 0.598. The maximum absolute atomic E-state index is 6.36. The van der Waals surface area contributed by atoms with Gasteiger partial charge in [-0.3, -0.25) is 0 Å². The number of pyridine rings is 1. The second-order valence-electron chi connectivity index (χ2n) is 5.43. The fourth-order valence-electron chi connectivity index (χ4n) is 3.09. The summed E-state index contributed by atoms with van der Waals surface area (Å²) in [7, 11) is 3.94. The molecule has 2 aromatic heterocycles. The van der Waals surface area contributed by atoms with E-state index < -0.39 is 0 Å². The maximum Gasteiger partial charge on any atom is 0.153 e. The average molecular weight is 276 g/mol. The van der Waals surface area contributed by atoms with Gasteiger partial charge in [0.25, 0.3) is 0 Å². The SMILES string of the molecule is Cc1cc2c(c(Cl)n1)N(C)C1(CC1)c1nn(C)nc1-2. The zero-order chi connectivity index (χ0) is 13.4. The van der Waals surface area contributed by atoms with Crippen molar-refractivity contribution in [3.05, 3.63) is 22.6 Å². The topological polar surface area (TPSA) is 46.8 Å². The molecule has 0 atom stereocenters.